The van der Waals surface area contributed by atoms with Gasteiger partial charge in [-0.1, -0.05) is 48.7 Å². The van der Waals surface area contributed by atoms with Gasteiger partial charge in [-0.3, -0.25) is 0 Å². The molecule has 0 aromatic heterocycles. The van der Waals surface area contributed by atoms with Gasteiger partial charge in [0, 0.05) is 24.8 Å². The first-order valence-corrected chi connectivity index (χ1v) is 10.3. The van der Waals surface area contributed by atoms with E-state index in [4.69, 9.17) is 0 Å². The number of benzene rings is 2. The third-order valence-corrected chi connectivity index (χ3v) is 6.53. The lowest BCUT2D eigenvalue weighted by molar-refractivity contribution is 0.351. The normalized spacial score (nSPS) is 21.0. The topological polar surface area (TPSA) is 49.4 Å². The van der Waals surface area contributed by atoms with Crippen molar-refractivity contribution < 1.29 is 8.42 Å². The largest absolute Gasteiger partial charge is 0.370 e. The Labute approximate surface area is 150 Å². The Morgan fingerprint density at radius 1 is 0.960 bits per heavy atom. The summed E-state index contributed by atoms with van der Waals surface area (Å²) in [5.41, 5.74) is 2.35. The number of likely N-dealkylation sites (N-methyl/N-ethyl adjacent to an activating group) is 1. The van der Waals surface area contributed by atoms with Crippen LogP contribution < -0.4 is 9.62 Å². The van der Waals surface area contributed by atoms with E-state index in [-0.39, 0.29) is 12.1 Å². The van der Waals surface area contributed by atoms with Gasteiger partial charge in [0.1, 0.15) is 0 Å². The molecule has 0 saturated heterocycles. The molecule has 1 N–H and O–H groups in total. The molecule has 25 heavy (non-hydrogen) atoms. The van der Waals surface area contributed by atoms with Crippen LogP contribution in [-0.2, 0) is 10.0 Å². The molecule has 1 fully saturated rings. The van der Waals surface area contributed by atoms with Gasteiger partial charge in [-0.25, -0.2) is 13.1 Å². The minimum absolute atomic E-state index is 0.0785. The van der Waals surface area contributed by atoms with Crippen molar-refractivity contribution in [2.75, 3.05) is 11.9 Å². The van der Waals surface area contributed by atoms with Gasteiger partial charge in [0.05, 0.1) is 4.90 Å². The summed E-state index contributed by atoms with van der Waals surface area (Å²) >= 11 is 0. The van der Waals surface area contributed by atoms with Crippen molar-refractivity contribution in [2.24, 2.45) is 0 Å². The minimum Gasteiger partial charge on any atom is -0.370 e. The highest BCUT2D eigenvalue weighted by molar-refractivity contribution is 7.89. The molecule has 0 heterocycles. The molecule has 1 aliphatic carbocycles. The standard InChI is InChI=1S/C20H26N2O2S/c1-16-12-14-17(15-13-16)22(2)20-11-7-6-10-19(20)21-25(23,24)18-8-4-3-5-9-18/h3-5,8-9,12-15,19-21H,6-7,10-11H2,1-2H3/t19-,20+/m1/s1. The van der Waals surface area contributed by atoms with Crippen molar-refractivity contribution in [3.8, 4) is 0 Å². The monoisotopic (exact) mass is 358 g/mol. The summed E-state index contributed by atoms with van der Waals surface area (Å²) in [5.74, 6) is 0. The molecular formula is C20H26N2O2S. The number of hydrogen-bond acceptors (Lipinski definition) is 3. The van der Waals surface area contributed by atoms with Crippen LogP contribution in [0, 0.1) is 6.92 Å². The Morgan fingerprint density at radius 3 is 2.28 bits per heavy atom. The van der Waals surface area contributed by atoms with Gasteiger partial charge in [-0.15, -0.1) is 0 Å². The molecule has 2 aromatic carbocycles. The van der Waals surface area contributed by atoms with Crippen LogP contribution in [0.3, 0.4) is 0 Å². The number of nitrogens with zero attached hydrogens (tertiary/aromatic N) is 1. The second-order valence-corrected chi connectivity index (χ2v) is 8.55. The number of anilines is 1. The van der Waals surface area contributed by atoms with Crippen LogP contribution in [0.25, 0.3) is 0 Å². The van der Waals surface area contributed by atoms with E-state index in [1.165, 1.54) is 5.56 Å². The predicted octanol–water partition coefficient (Wildman–Crippen LogP) is 3.72. The van der Waals surface area contributed by atoms with Crippen molar-refractivity contribution in [1.82, 2.24) is 4.72 Å². The lowest BCUT2D eigenvalue weighted by atomic mass is 9.90. The summed E-state index contributed by atoms with van der Waals surface area (Å²) in [6, 6.07) is 17.1. The molecule has 4 nitrogen and oxygen atoms in total. The Hall–Kier alpha value is -1.85. The van der Waals surface area contributed by atoms with E-state index < -0.39 is 10.0 Å². The van der Waals surface area contributed by atoms with Crippen molar-refractivity contribution in [3.63, 3.8) is 0 Å². The van der Waals surface area contributed by atoms with Crippen LogP contribution in [0.1, 0.15) is 31.2 Å². The first kappa shape index (κ1) is 18.0. The fraction of sp³-hybridized carbons (Fsp3) is 0.400. The Balaban J connectivity index is 1.80. The Kier molecular flexibility index (Phi) is 5.45. The first-order valence-electron chi connectivity index (χ1n) is 8.84. The molecule has 1 saturated carbocycles. The molecule has 0 amide bonds. The van der Waals surface area contributed by atoms with Crippen molar-refractivity contribution >= 4 is 15.7 Å². The number of nitrogens with one attached hydrogen (secondary N) is 1. The lowest BCUT2D eigenvalue weighted by Crippen LogP contribution is -2.52. The van der Waals surface area contributed by atoms with E-state index in [9.17, 15) is 8.42 Å². The van der Waals surface area contributed by atoms with Crippen molar-refractivity contribution in [3.05, 3.63) is 60.2 Å². The molecule has 2 atom stereocenters. The highest BCUT2D eigenvalue weighted by Gasteiger charge is 2.32. The number of hydrogen-bond donors (Lipinski definition) is 1. The average molecular weight is 359 g/mol. The zero-order chi connectivity index (χ0) is 17.9. The van der Waals surface area contributed by atoms with Gasteiger partial charge in [-0.2, -0.15) is 0 Å². The quantitative estimate of drug-likeness (QED) is 0.886. The van der Waals surface area contributed by atoms with Crippen molar-refractivity contribution in [2.45, 2.75) is 49.6 Å². The fourth-order valence-corrected chi connectivity index (χ4v) is 4.88. The molecule has 0 aliphatic heterocycles. The van der Waals surface area contributed by atoms with E-state index >= 15 is 0 Å². The van der Waals surface area contributed by atoms with Crippen LogP contribution in [0.5, 0.6) is 0 Å². The predicted molar refractivity (Wildman–Crippen MR) is 102 cm³/mol. The average Bonchev–Trinajstić information content (AvgIpc) is 2.63. The van der Waals surface area contributed by atoms with Crippen LogP contribution in [0.2, 0.25) is 0 Å². The van der Waals surface area contributed by atoms with Crippen LogP contribution in [0.4, 0.5) is 5.69 Å². The van der Waals surface area contributed by atoms with E-state index in [0.29, 0.717) is 4.90 Å². The second-order valence-electron chi connectivity index (χ2n) is 6.84. The van der Waals surface area contributed by atoms with E-state index in [2.05, 4.69) is 47.9 Å². The first-order chi connectivity index (χ1) is 12.0. The molecule has 0 spiro atoms. The molecule has 3 rings (SSSR count). The lowest BCUT2D eigenvalue weighted by Gasteiger charge is -2.39. The Morgan fingerprint density at radius 2 is 1.60 bits per heavy atom. The zero-order valence-corrected chi connectivity index (χ0v) is 15.7. The number of rotatable bonds is 5. The minimum atomic E-state index is -3.49. The van der Waals surface area contributed by atoms with Gasteiger partial charge in [-0.05, 0) is 44.0 Å². The smallest absolute Gasteiger partial charge is 0.240 e. The van der Waals surface area contributed by atoms with Gasteiger partial charge in [0.2, 0.25) is 10.0 Å². The van der Waals surface area contributed by atoms with Gasteiger partial charge in [0.15, 0.2) is 0 Å². The summed E-state index contributed by atoms with van der Waals surface area (Å²) in [6.45, 7) is 2.07. The Bertz CT molecular complexity index is 788. The molecule has 0 bridgehead atoms. The third-order valence-electron chi connectivity index (χ3n) is 5.03. The van der Waals surface area contributed by atoms with Crippen LogP contribution in [-0.4, -0.2) is 27.5 Å². The molecule has 1 aliphatic rings. The van der Waals surface area contributed by atoms with Gasteiger partial charge < -0.3 is 4.90 Å². The third kappa shape index (κ3) is 4.22. The summed E-state index contributed by atoms with van der Waals surface area (Å²) in [4.78, 5) is 2.55. The molecule has 134 valence electrons. The van der Waals surface area contributed by atoms with Crippen LogP contribution >= 0.6 is 0 Å². The highest BCUT2D eigenvalue weighted by atomic mass is 32.2. The fourth-order valence-electron chi connectivity index (χ4n) is 3.55. The molecular weight excluding hydrogens is 332 g/mol. The van der Waals surface area contributed by atoms with Gasteiger partial charge >= 0.3 is 0 Å². The molecule has 5 heteroatoms. The van der Waals surface area contributed by atoms with E-state index in [0.717, 1.165) is 31.4 Å². The van der Waals surface area contributed by atoms with Gasteiger partial charge in [0.25, 0.3) is 0 Å². The maximum Gasteiger partial charge on any atom is 0.240 e. The molecule has 2 aromatic rings. The van der Waals surface area contributed by atoms with E-state index in [1.807, 2.05) is 6.07 Å². The second kappa shape index (κ2) is 7.58. The van der Waals surface area contributed by atoms with Crippen LogP contribution in [0.15, 0.2) is 59.5 Å². The number of aryl methyl sites for hydroxylation is 1. The summed E-state index contributed by atoms with van der Waals surface area (Å²) < 4.78 is 28.4. The summed E-state index contributed by atoms with van der Waals surface area (Å²) in [6.07, 6.45) is 4.05. The molecule has 0 unspecified atom stereocenters. The maximum absolute atomic E-state index is 12.7. The number of sulfonamides is 1. The molecule has 0 radical (unpaired) electrons. The highest BCUT2D eigenvalue weighted by Crippen LogP contribution is 2.28. The van der Waals surface area contributed by atoms with E-state index in [1.54, 1.807) is 24.3 Å². The SMILES string of the molecule is Cc1ccc(N(C)[C@H]2CCCC[C@H]2NS(=O)(=O)c2ccccc2)cc1. The maximum atomic E-state index is 12.7. The van der Waals surface area contributed by atoms with Crippen molar-refractivity contribution in [1.29, 1.82) is 0 Å². The summed E-state index contributed by atoms with van der Waals surface area (Å²) in [5, 5.41) is 0. The summed E-state index contributed by atoms with van der Waals surface area (Å²) in [7, 11) is -1.43. The zero-order valence-electron chi connectivity index (χ0n) is 14.9.